The molecule has 1 atom stereocenters. The molecule has 22 heavy (non-hydrogen) atoms. The number of nitrogens with one attached hydrogen (secondary N) is 1. The zero-order chi connectivity index (χ0) is 15.9. The third kappa shape index (κ3) is 4.72. The van der Waals surface area contributed by atoms with Gasteiger partial charge in [-0.3, -0.25) is 9.59 Å². The van der Waals surface area contributed by atoms with Crippen LogP contribution < -0.4 is 5.32 Å². The highest BCUT2D eigenvalue weighted by molar-refractivity contribution is 5.76. The average Bonchev–Trinajstić information content (AvgIpc) is 3.12. The summed E-state index contributed by atoms with van der Waals surface area (Å²) in [6, 6.07) is 1.71. The van der Waals surface area contributed by atoms with Crippen LogP contribution in [0.25, 0.3) is 11.4 Å². The van der Waals surface area contributed by atoms with Crippen molar-refractivity contribution >= 4 is 11.9 Å². The van der Waals surface area contributed by atoms with E-state index >= 15 is 0 Å². The van der Waals surface area contributed by atoms with Crippen LogP contribution >= 0.6 is 0 Å². The molecule has 0 aliphatic rings. The Balaban J connectivity index is 1.73. The smallest absolute Gasteiger partial charge is 0.303 e. The number of rotatable bonds is 8. The number of amides is 1. The van der Waals surface area contributed by atoms with E-state index in [1.165, 1.54) is 12.5 Å². The van der Waals surface area contributed by atoms with Gasteiger partial charge in [0.2, 0.25) is 17.6 Å². The van der Waals surface area contributed by atoms with Gasteiger partial charge in [-0.25, -0.2) is 0 Å². The minimum atomic E-state index is -0.876. The fourth-order valence-corrected chi connectivity index (χ4v) is 1.83. The Morgan fingerprint density at radius 1 is 1.45 bits per heavy atom. The zero-order valence-electron chi connectivity index (χ0n) is 12.1. The van der Waals surface area contributed by atoms with Crippen LogP contribution in [0.3, 0.4) is 0 Å². The lowest BCUT2D eigenvalue weighted by molar-refractivity contribution is -0.138. The Bertz CT molecular complexity index is 620. The van der Waals surface area contributed by atoms with E-state index in [-0.39, 0.29) is 24.7 Å². The molecule has 2 heterocycles. The summed E-state index contributed by atoms with van der Waals surface area (Å²) in [5, 5.41) is 15.1. The fourth-order valence-electron chi connectivity index (χ4n) is 1.83. The van der Waals surface area contributed by atoms with E-state index < -0.39 is 5.97 Å². The molecule has 1 amide bonds. The summed E-state index contributed by atoms with van der Waals surface area (Å²) in [6.45, 7) is 2.10. The summed E-state index contributed by atoms with van der Waals surface area (Å²) in [5.74, 6) is -0.388. The monoisotopic (exact) mass is 307 g/mol. The number of carbonyl (C=O) groups excluding carboxylic acids is 1. The Hall–Kier alpha value is -2.64. The number of hydrogen-bond acceptors (Lipinski definition) is 6. The average molecular weight is 307 g/mol. The van der Waals surface area contributed by atoms with Gasteiger partial charge in [-0.05, 0) is 12.0 Å². The first-order chi connectivity index (χ1) is 10.5. The van der Waals surface area contributed by atoms with Gasteiger partial charge in [0.25, 0.3) is 0 Å². The van der Waals surface area contributed by atoms with Crippen molar-refractivity contribution in [1.29, 1.82) is 0 Å². The Kier molecular flexibility index (Phi) is 5.29. The van der Waals surface area contributed by atoms with Crippen LogP contribution in [0, 0.1) is 5.92 Å². The number of aromatic nitrogens is 2. The number of aryl methyl sites for hydroxylation is 1. The van der Waals surface area contributed by atoms with Crippen LogP contribution in [-0.2, 0) is 16.0 Å². The van der Waals surface area contributed by atoms with Crippen molar-refractivity contribution in [1.82, 2.24) is 15.5 Å². The minimum Gasteiger partial charge on any atom is -0.481 e. The van der Waals surface area contributed by atoms with Crippen molar-refractivity contribution in [3.8, 4) is 11.4 Å². The fraction of sp³-hybridized carbons (Fsp3) is 0.429. The molecule has 8 heteroatoms. The summed E-state index contributed by atoms with van der Waals surface area (Å²) in [5.41, 5.74) is 0.710. The van der Waals surface area contributed by atoms with Crippen LogP contribution in [-0.4, -0.2) is 33.7 Å². The minimum absolute atomic E-state index is 0.0258. The molecule has 2 aromatic rings. The van der Waals surface area contributed by atoms with Crippen LogP contribution in [0.4, 0.5) is 0 Å². The predicted molar refractivity (Wildman–Crippen MR) is 74.7 cm³/mol. The second-order valence-electron chi connectivity index (χ2n) is 5.03. The summed E-state index contributed by atoms with van der Waals surface area (Å²) in [6.07, 6.45) is 3.57. The first kappa shape index (κ1) is 15.7. The maximum Gasteiger partial charge on any atom is 0.303 e. The number of nitrogens with zero attached hydrogens (tertiary/aromatic N) is 2. The summed E-state index contributed by atoms with van der Waals surface area (Å²) < 4.78 is 9.99. The molecule has 2 rings (SSSR count). The first-order valence-electron chi connectivity index (χ1n) is 6.88. The molecule has 0 aliphatic heterocycles. The third-order valence-corrected chi connectivity index (χ3v) is 2.98. The van der Waals surface area contributed by atoms with Crippen LogP contribution in [0.2, 0.25) is 0 Å². The summed E-state index contributed by atoms with van der Waals surface area (Å²) in [4.78, 5) is 26.4. The van der Waals surface area contributed by atoms with Crippen molar-refractivity contribution in [3.63, 3.8) is 0 Å². The van der Waals surface area contributed by atoms with Crippen molar-refractivity contribution in [2.75, 3.05) is 6.54 Å². The molecule has 0 radical (unpaired) electrons. The molecule has 0 spiro atoms. The topological polar surface area (TPSA) is 118 Å². The number of carboxylic acid groups (broad SMARTS) is 1. The molecule has 8 nitrogen and oxygen atoms in total. The maximum absolute atomic E-state index is 11.7. The second kappa shape index (κ2) is 7.39. The lowest BCUT2D eigenvalue weighted by Crippen LogP contribution is -2.29. The highest BCUT2D eigenvalue weighted by Gasteiger charge is 2.13. The molecule has 0 aliphatic carbocycles. The number of carboxylic acids is 1. The van der Waals surface area contributed by atoms with E-state index in [1.54, 1.807) is 13.0 Å². The van der Waals surface area contributed by atoms with Gasteiger partial charge in [-0.1, -0.05) is 12.1 Å². The van der Waals surface area contributed by atoms with Gasteiger partial charge in [-0.2, -0.15) is 4.98 Å². The molecule has 0 aromatic carbocycles. The van der Waals surface area contributed by atoms with E-state index in [9.17, 15) is 9.59 Å². The van der Waals surface area contributed by atoms with Gasteiger partial charge in [0.15, 0.2) is 0 Å². The number of carbonyl (C=O) groups is 2. The van der Waals surface area contributed by atoms with E-state index in [1.807, 2.05) is 0 Å². The summed E-state index contributed by atoms with van der Waals surface area (Å²) in [7, 11) is 0. The Morgan fingerprint density at radius 2 is 2.27 bits per heavy atom. The van der Waals surface area contributed by atoms with Gasteiger partial charge in [0, 0.05) is 25.8 Å². The standard InChI is InChI=1S/C14H17N3O5/c1-9(6-13(19)20)7-15-11(18)2-3-12-16-14(17-22-12)10-4-5-21-8-10/h4-5,8-9H,2-3,6-7H2,1H3,(H,15,18)(H,19,20). The second-order valence-corrected chi connectivity index (χ2v) is 5.03. The zero-order valence-corrected chi connectivity index (χ0v) is 12.1. The predicted octanol–water partition coefficient (Wildman–Crippen LogP) is 1.49. The van der Waals surface area contributed by atoms with E-state index in [2.05, 4.69) is 15.5 Å². The largest absolute Gasteiger partial charge is 0.481 e. The van der Waals surface area contributed by atoms with E-state index in [4.69, 9.17) is 14.0 Å². The van der Waals surface area contributed by atoms with Gasteiger partial charge in [0.05, 0.1) is 11.8 Å². The van der Waals surface area contributed by atoms with Crippen LogP contribution in [0.5, 0.6) is 0 Å². The van der Waals surface area contributed by atoms with Gasteiger partial charge >= 0.3 is 5.97 Å². The van der Waals surface area contributed by atoms with Crippen LogP contribution in [0.1, 0.15) is 25.7 Å². The SMILES string of the molecule is CC(CNC(=O)CCc1nc(-c2ccoc2)no1)CC(=O)O. The molecule has 0 fully saturated rings. The molecule has 0 saturated heterocycles. The lowest BCUT2D eigenvalue weighted by Gasteiger charge is -2.09. The van der Waals surface area contributed by atoms with Crippen LogP contribution in [0.15, 0.2) is 27.5 Å². The first-order valence-corrected chi connectivity index (χ1v) is 6.88. The molecular formula is C14H17N3O5. The van der Waals surface area contributed by atoms with Gasteiger partial charge in [-0.15, -0.1) is 0 Å². The molecule has 2 N–H and O–H groups in total. The quantitative estimate of drug-likeness (QED) is 0.758. The van der Waals surface area contributed by atoms with Gasteiger partial charge in [0.1, 0.15) is 6.26 Å². The summed E-state index contributed by atoms with van der Waals surface area (Å²) >= 11 is 0. The van der Waals surface area contributed by atoms with Crippen molar-refractivity contribution in [2.45, 2.75) is 26.2 Å². The molecule has 2 aromatic heterocycles. The molecule has 0 saturated carbocycles. The lowest BCUT2D eigenvalue weighted by atomic mass is 10.1. The molecule has 1 unspecified atom stereocenters. The van der Waals surface area contributed by atoms with Crippen molar-refractivity contribution < 1.29 is 23.6 Å². The highest BCUT2D eigenvalue weighted by atomic mass is 16.5. The molecule has 0 bridgehead atoms. The number of hydrogen-bond donors (Lipinski definition) is 2. The normalized spacial score (nSPS) is 12.0. The highest BCUT2D eigenvalue weighted by Crippen LogP contribution is 2.16. The maximum atomic E-state index is 11.7. The number of furan rings is 1. The van der Waals surface area contributed by atoms with Crippen molar-refractivity contribution in [2.24, 2.45) is 5.92 Å². The Morgan fingerprint density at radius 3 is 2.95 bits per heavy atom. The Labute approximate surface area is 126 Å². The third-order valence-electron chi connectivity index (χ3n) is 2.98. The van der Waals surface area contributed by atoms with Crippen molar-refractivity contribution in [3.05, 3.63) is 24.5 Å². The molecule has 118 valence electrons. The van der Waals surface area contributed by atoms with E-state index in [0.717, 1.165) is 0 Å². The molecular weight excluding hydrogens is 290 g/mol. The van der Waals surface area contributed by atoms with Gasteiger partial charge < -0.3 is 19.4 Å². The number of aliphatic carboxylic acids is 1. The van der Waals surface area contributed by atoms with E-state index in [0.29, 0.717) is 30.2 Å².